The largest absolute Gasteiger partial charge is 0.369 e. The molecule has 0 amide bonds. The van der Waals surface area contributed by atoms with Gasteiger partial charge in [0.05, 0.1) is 0 Å². The van der Waals surface area contributed by atoms with Crippen molar-refractivity contribution in [2.75, 3.05) is 18.4 Å². The van der Waals surface area contributed by atoms with E-state index in [1.807, 2.05) is 25.1 Å². The van der Waals surface area contributed by atoms with Crippen LogP contribution in [0.25, 0.3) is 0 Å². The Morgan fingerprint density at radius 3 is 3.13 bits per heavy atom. The maximum Gasteiger partial charge on any atom is 0.126 e. The highest BCUT2D eigenvalue weighted by atomic mass is 15.0. The Bertz CT molecular complexity index is 305. The molecule has 1 fully saturated rings. The van der Waals surface area contributed by atoms with Crippen LogP contribution in [0.15, 0.2) is 18.2 Å². The average Bonchev–Trinajstić information content (AvgIpc) is 2.28. The first kappa shape index (κ1) is 10.4. The lowest BCUT2D eigenvalue weighted by atomic mass is 10.1. The molecule has 1 aromatic heterocycles. The summed E-state index contributed by atoms with van der Waals surface area (Å²) in [7, 11) is 0. The van der Waals surface area contributed by atoms with Crippen LogP contribution in [-0.4, -0.2) is 24.1 Å². The zero-order valence-corrected chi connectivity index (χ0v) is 9.29. The third-order valence-corrected chi connectivity index (χ3v) is 2.83. The Labute approximate surface area is 91.3 Å². The number of hydrogen-bond donors (Lipinski definition) is 2. The first-order valence-electron chi connectivity index (χ1n) is 5.75. The van der Waals surface area contributed by atoms with Crippen LogP contribution in [0.1, 0.15) is 25.0 Å². The fourth-order valence-electron chi connectivity index (χ4n) is 1.97. The van der Waals surface area contributed by atoms with Gasteiger partial charge in [-0.2, -0.15) is 0 Å². The van der Waals surface area contributed by atoms with Gasteiger partial charge >= 0.3 is 0 Å². The van der Waals surface area contributed by atoms with Gasteiger partial charge < -0.3 is 10.6 Å². The van der Waals surface area contributed by atoms with Crippen molar-refractivity contribution in [3.63, 3.8) is 0 Å². The van der Waals surface area contributed by atoms with Gasteiger partial charge in [-0.25, -0.2) is 4.98 Å². The van der Waals surface area contributed by atoms with Gasteiger partial charge in [-0.1, -0.05) is 12.5 Å². The standard InChI is InChI=1S/C12H19N3/c1-10-5-4-7-12(15-10)14-9-11-6-2-3-8-13-11/h4-5,7,11,13H,2-3,6,8-9H2,1H3,(H,14,15)/t11-/m0/s1. The molecule has 3 heteroatoms. The topological polar surface area (TPSA) is 37.0 Å². The number of nitrogens with zero attached hydrogens (tertiary/aromatic N) is 1. The summed E-state index contributed by atoms with van der Waals surface area (Å²) in [4.78, 5) is 4.42. The average molecular weight is 205 g/mol. The van der Waals surface area contributed by atoms with Crippen LogP contribution in [-0.2, 0) is 0 Å². The molecule has 82 valence electrons. The molecular formula is C12H19N3. The van der Waals surface area contributed by atoms with Crippen LogP contribution in [0.3, 0.4) is 0 Å². The predicted molar refractivity (Wildman–Crippen MR) is 63.1 cm³/mol. The Morgan fingerprint density at radius 2 is 2.40 bits per heavy atom. The van der Waals surface area contributed by atoms with E-state index < -0.39 is 0 Å². The Hall–Kier alpha value is -1.09. The van der Waals surface area contributed by atoms with Crippen LogP contribution in [0.2, 0.25) is 0 Å². The fraction of sp³-hybridized carbons (Fsp3) is 0.583. The van der Waals surface area contributed by atoms with E-state index in [0.29, 0.717) is 6.04 Å². The minimum absolute atomic E-state index is 0.612. The van der Waals surface area contributed by atoms with Crippen LogP contribution in [0, 0.1) is 6.92 Å². The molecule has 15 heavy (non-hydrogen) atoms. The minimum atomic E-state index is 0.612. The molecular weight excluding hydrogens is 186 g/mol. The van der Waals surface area contributed by atoms with E-state index in [9.17, 15) is 0 Å². The van der Waals surface area contributed by atoms with Gasteiger partial charge in [0.25, 0.3) is 0 Å². The zero-order valence-electron chi connectivity index (χ0n) is 9.29. The second-order valence-corrected chi connectivity index (χ2v) is 4.19. The van der Waals surface area contributed by atoms with Gasteiger partial charge in [0, 0.05) is 18.3 Å². The maximum atomic E-state index is 4.42. The van der Waals surface area contributed by atoms with Gasteiger partial charge in [-0.3, -0.25) is 0 Å². The van der Waals surface area contributed by atoms with E-state index in [4.69, 9.17) is 0 Å². The number of hydrogen-bond acceptors (Lipinski definition) is 3. The van der Waals surface area contributed by atoms with E-state index in [1.165, 1.54) is 19.3 Å². The van der Waals surface area contributed by atoms with Crippen molar-refractivity contribution in [3.8, 4) is 0 Å². The summed E-state index contributed by atoms with van der Waals surface area (Å²) in [5.74, 6) is 0.988. The second-order valence-electron chi connectivity index (χ2n) is 4.19. The summed E-state index contributed by atoms with van der Waals surface area (Å²) < 4.78 is 0. The molecule has 0 aromatic carbocycles. The molecule has 3 nitrogen and oxygen atoms in total. The summed E-state index contributed by atoms with van der Waals surface area (Å²) in [6.45, 7) is 4.16. The van der Waals surface area contributed by atoms with Crippen molar-refractivity contribution in [2.45, 2.75) is 32.2 Å². The van der Waals surface area contributed by atoms with Gasteiger partial charge in [-0.15, -0.1) is 0 Å². The van der Waals surface area contributed by atoms with E-state index in [2.05, 4.69) is 15.6 Å². The first-order chi connectivity index (χ1) is 7.34. The fourth-order valence-corrected chi connectivity index (χ4v) is 1.97. The summed E-state index contributed by atoms with van der Waals surface area (Å²) in [6.07, 6.45) is 3.94. The normalized spacial score (nSPS) is 21.3. The molecule has 0 unspecified atom stereocenters. The summed E-state index contributed by atoms with van der Waals surface area (Å²) >= 11 is 0. The lowest BCUT2D eigenvalue weighted by molar-refractivity contribution is 0.414. The lowest BCUT2D eigenvalue weighted by Gasteiger charge is -2.23. The molecule has 0 bridgehead atoms. The highest BCUT2D eigenvalue weighted by Crippen LogP contribution is 2.09. The van der Waals surface area contributed by atoms with E-state index >= 15 is 0 Å². The molecule has 0 radical (unpaired) electrons. The molecule has 1 aliphatic heterocycles. The van der Waals surface area contributed by atoms with Crippen molar-refractivity contribution in [1.29, 1.82) is 0 Å². The number of pyridine rings is 1. The quantitative estimate of drug-likeness (QED) is 0.792. The van der Waals surface area contributed by atoms with Crippen LogP contribution in [0.4, 0.5) is 5.82 Å². The van der Waals surface area contributed by atoms with Crippen molar-refractivity contribution >= 4 is 5.82 Å². The highest BCUT2D eigenvalue weighted by molar-refractivity contribution is 5.35. The Morgan fingerprint density at radius 1 is 1.47 bits per heavy atom. The number of nitrogens with one attached hydrogen (secondary N) is 2. The molecule has 0 aliphatic carbocycles. The van der Waals surface area contributed by atoms with Gasteiger partial charge in [0.1, 0.15) is 5.82 Å². The molecule has 1 aliphatic rings. The second kappa shape index (κ2) is 5.12. The maximum absolute atomic E-state index is 4.42. The van der Waals surface area contributed by atoms with Crippen LogP contribution in [0.5, 0.6) is 0 Å². The number of piperidine rings is 1. The molecule has 2 rings (SSSR count). The Kier molecular flexibility index (Phi) is 3.56. The third-order valence-electron chi connectivity index (χ3n) is 2.83. The van der Waals surface area contributed by atoms with Crippen molar-refractivity contribution in [3.05, 3.63) is 23.9 Å². The van der Waals surface area contributed by atoms with E-state index in [1.54, 1.807) is 0 Å². The summed E-state index contributed by atoms with van der Waals surface area (Å²) in [5, 5.41) is 6.90. The SMILES string of the molecule is Cc1cccc(NC[C@@H]2CCCCN2)n1. The number of anilines is 1. The van der Waals surface area contributed by atoms with Gasteiger partial charge in [0.15, 0.2) is 0 Å². The van der Waals surface area contributed by atoms with Crippen molar-refractivity contribution in [1.82, 2.24) is 10.3 Å². The molecule has 0 spiro atoms. The van der Waals surface area contributed by atoms with Gasteiger partial charge in [0.2, 0.25) is 0 Å². The molecule has 1 atom stereocenters. The molecule has 1 saturated heterocycles. The Balaban J connectivity index is 1.81. The van der Waals surface area contributed by atoms with Crippen molar-refractivity contribution in [2.24, 2.45) is 0 Å². The third kappa shape index (κ3) is 3.20. The number of rotatable bonds is 3. The van der Waals surface area contributed by atoms with Crippen LogP contribution < -0.4 is 10.6 Å². The lowest BCUT2D eigenvalue weighted by Crippen LogP contribution is -2.39. The number of aromatic nitrogens is 1. The number of aryl methyl sites for hydroxylation is 1. The molecule has 0 saturated carbocycles. The summed E-state index contributed by atoms with van der Waals surface area (Å²) in [6, 6.07) is 6.69. The smallest absolute Gasteiger partial charge is 0.126 e. The summed E-state index contributed by atoms with van der Waals surface area (Å²) in [5.41, 5.74) is 1.07. The van der Waals surface area contributed by atoms with E-state index in [-0.39, 0.29) is 0 Å². The van der Waals surface area contributed by atoms with E-state index in [0.717, 1.165) is 24.6 Å². The van der Waals surface area contributed by atoms with Gasteiger partial charge in [-0.05, 0) is 38.4 Å². The molecule has 2 N–H and O–H groups in total. The predicted octanol–water partition coefficient (Wildman–Crippen LogP) is 1.94. The molecule has 2 heterocycles. The molecule has 1 aromatic rings. The zero-order chi connectivity index (χ0) is 10.5. The monoisotopic (exact) mass is 205 g/mol. The van der Waals surface area contributed by atoms with Crippen LogP contribution >= 0.6 is 0 Å². The minimum Gasteiger partial charge on any atom is -0.369 e. The highest BCUT2D eigenvalue weighted by Gasteiger charge is 2.11. The first-order valence-corrected chi connectivity index (χ1v) is 5.75. The van der Waals surface area contributed by atoms with Crippen molar-refractivity contribution < 1.29 is 0 Å².